The molecule has 1 heterocycles. The van der Waals surface area contributed by atoms with E-state index in [0.717, 1.165) is 5.69 Å². The number of aromatic nitrogens is 2. The number of amides is 1. The standard InChI is InChI=1S/C8H11N3O2/c1-6-4-7(11-5-10-6)8(13)9-2-3-12/h4-5,12H,2-3H2,1H3,(H,9,13). The zero-order chi connectivity index (χ0) is 9.68. The van der Waals surface area contributed by atoms with E-state index in [2.05, 4.69) is 15.3 Å². The van der Waals surface area contributed by atoms with E-state index in [4.69, 9.17) is 5.11 Å². The van der Waals surface area contributed by atoms with Crippen LogP contribution in [0.25, 0.3) is 0 Å². The molecule has 5 heteroatoms. The first-order valence-electron chi connectivity index (χ1n) is 3.91. The van der Waals surface area contributed by atoms with Crippen molar-refractivity contribution in [2.45, 2.75) is 6.92 Å². The normalized spacial score (nSPS) is 9.69. The van der Waals surface area contributed by atoms with Gasteiger partial charge in [-0.05, 0) is 13.0 Å². The maximum Gasteiger partial charge on any atom is 0.270 e. The maximum absolute atomic E-state index is 11.2. The highest BCUT2D eigenvalue weighted by Crippen LogP contribution is 1.95. The first kappa shape index (κ1) is 9.60. The van der Waals surface area contributed by atoms with E-state index in [1.807, 2.05) is 0 Å². The van der Waals surface area contributed by atoms with Crippen LogP contribution in [0.4, 0.5) is 0 Å². The lowest BCUT2D eigenvalue weighted by atomic mass is 10.3. The van der Waals surface area contributed by atoms with Gasteiger partial charge in [-0.1, -0.05) is 0 Å². The minimum Gasteiger partial charge on any atom is -0.395 e. The Morgan fingerprint density at radius 2 is 2.38 bits per heavy atom. The highest BCUT2D eigenvalue weighted by Gasteiger charge is 2.05. The van der Waals surface area contributed by atoms with Crippen molar-refractivity contribution in [3.8, 4) is 0 Å². The largest absolute Gasteiger partial charge is 0.395 e. The van der Waals surface area contributed by atoms with Crippen LogP contribution < -0.4 is 5.32 Å². The summed E-state index contributed by atoms with van der Waals surface area (Å²) in [6.07, 6.45) is 1.34. The van der Waals surface area contributed by atoms with Crippen LogP contribution in [0.5, 0.6) is 0 Å². The van der Waals surface area contributed by atoms with Crippen molar-refractivity contribution >= 4 is 5.91 Å². The van der Waals surface area contributed by atoms with Crippen molar-refractivity contribution in [2.75, 3.05) is 13.2 Å². The van der Waals surface area contributed by atoms with E-state index < -0.39 is 0 Å². The molecule has 70 valence electrons. The molecule has 0 unspecified atom stereocenters. The van der Waals surface area contributed by atoms with Crippen LogP contribution in [0.1, 0.15) is 16.2 Å². The molecule has 0 aliphatic heterocycles. The van der Waals surface area contributed by atoms with Crippen molar-refractivity contribution in [1.29, 1.82) is 0 Å². The van der Waals surface area contributed by atoms with Gasteiger partial charge in [0, 0.05) is 12.2 Å². The van der Waals surface area contributed by atoms with Crippen LogP contribution in [0, 0.1) is 6.92 Å². The van der Waals surface area contributed by atoms with E-state index in [-0.39, 0.29) is 19.1 Å². The second kappa shape index (κ2) is 4.51. The number of hydrogen-bond donors (Lipinski definition) is 2. The zero-order valence-electron chi connectivity index (χ0n) is 7.32. The third-order valence-electron chi connectivity index (χ3n) is 1.43. The summed E-state index contributed by atoms with van der Waals surface area (Å²) in [6.45, 7) is 1.95. The Bertz CT molecular complexity index is 301. The topological polar surface area (TPSA) is 75.1 Å². The fourth-order valence-corrected chi connectivity index (χ4v) is 0.839. The van der Waals surface area contributed by atoms with Crippen molar-refractivity contribution in [3.05, 3.63) is 23.8 Å². The molecule has 0 saturated carbocycles. The summed E-state index contributed by atoms with van der Waals surface area (Å²) in [5.41, 5.74) is 1.06. The fraction of sp³-hybridized carbons (Fsp3) is 0.375. The molecule has 0 atom stereocenters. The second-order valence-electron chi connectivity index (χ2n) is 2.52. The smallest absolute Gasteiger partial charge is 0.270 e. The van der Waals surface area contributed by atoms with Crippen LogP contribution in [0.2, 0.25) is 0 Å². The minimum atomic E-state index is -0.292. The van der Waals surface area contributed by atoms with Gasteiger partial charge >= 0.3 is 0 Å². The number of aliphatic hydroxyl groups excluding tert-OH is 1. The molecule has 1 aromatic heterocycles. The molecule has 0 bridgehead atoms. The van der Waals surface area contributed by atoms with Crippen molar-refractivity contribution in [1.82, 2.24) is 15.3 Å². The van der Waals surface area contributed by atoms with Gasteiger partial charge in [0.05, 0.1) is 6.61 Å². The van der Waals surface area contributed by atoms with Gasteiger partial charge in [0.25, 0.3) is 5.91 Å². The fourth-order valence-electron chi connectivity index (χ4n) is 0.839. The van der Waals surface area contributed by atoms with E-state index >= 15 is 0 Å². The Balaban J connectivity index is 2.66. The molecule has 0 aliphatic rings. The molecule has 5 nitrogen and oxygen atoms in total. The molecule has 13 heavy (non-hydrogen) atoms. The number of nitrogens with zero attached hydrogens (tertiary/aromatic N) is 2. The summed E-state index contributed by atoms with van der Waals surface area (Å²) in [5.74, 6) is -0.292. The monoisotopic (exact) mass is 181 g/mol. The third kappa shape index (κ3) is 2.79. The maximum atomic E-state index is 11.2. The molecular formula is C8H11N3O2. The van der Waals surface area contributed by atoms with Crippen molar-refractivity contribution < 1.29 is 9.90 Å². The van der Waals surface area contributed by atoms with Gasteiger partial charge in [0.15, 0.2) is 0 Å². The van der Waals surface area contributed by atoms with E-state index in [9.17, 15) is 4.79 Å². The first-order valence-corrected chi connectivity index (χ1v) is 3.91. The van der Waals surface area contributed by atoms with Crippen molar-refractivity contribution in [3.63, 3.8) is 0 Å². The number of aryl methyl sites for hydroxylation is 1. The predicted molar refractivity (Wildman–Crippen MR) is 46.2 cm³/mol. The third-order valence-corrected chi connectivity index (χ3v) is 1.43. The number of carbonyl (C=O) groups is 1. The molecule has 0 aromatic carbocycles. The molecule has 1 rings (SSSR count). The molecule has 0 radical (unpaired) electrons. The van der Waals surface area contributed by atoms with Crippen LogP contribution >= 0.6 is 0 Å². The Labute approximate surface area is 75.8 Å². The van der Waals surface area contributed by atoms with E-state index in [0.29, 0.717) is 5.69 Å². The SMILES string of the molecule is Cc1cc(C(=O)NCCO)ncn1. The minimum absolute atomic E-state index is 0.0736. The highest BCUT2D eigenvalue weighted by atomic mass is 16.3. The van der Waals surface area contributed by atoms with Crippen LogP contribution in [-0.2, 0) is 0 Å². The predicted octanol–water partition coefficient (Wildman–Crippen LogP) is -0.493. The summed E-state index contributed by atoms with van der Waals surface area (Å²) in [6, 6.07) is 1.59. The average molecular weight is 181 g/mol. The Morgan fingerprint density at radius 3 is 3.00 bits per heavy atom. The van der Waals surface area contributed by atoms with Crippen LogP contribution in [0.15, 0.2) is 12.4 Å². The lowest BCUT2D eigenvalue weighted by molar-refractivity contribution is 0.0939. The molecular weight excluding hydrogens is 170 g/mol. The molecule has 2 N–H and O–H groups in total. The van der Waals surface area contributed by atoms with E-state index in [1.165, 1.54) is 6.33 Å². The van der Waals surface area contributed by atoms with Crippen LogP contribution in [0.3, 0.4) is 0 Å². The quantitative estimate of drug-likeness (QED) is 0.659. The number of hydrogen-bond acceptors (Lipinski definition) is 4. The second-order valence-corrected chi connectivity index (χ2v) is 2.52. The summed E-state index contributed by atoms with van der Waals surface area (Å²) in [4.78, 5) is 18.9. The Morgan fingerprint density at radius 1 is 1.62 bits per heavy atom. The summed E-state index contributed by atoms with van der Waals surface area (Å²) in [7, 11) is 0. The molecule has 1 amide bonds. The Kier molecular flexibility index (Phi) is 3.33. The van der Waals surface area contributed by atoms with Crippen LogP contribution in [-0.4, -0.2) is 34.1 Å². The number of nitrogens with one attached hydrogen (secondary N) is 1. The van der Waals surface area contributed by atoms with Gasteiger partial charge in [-0.3, -0.25) is 4.79 Å². The molecule has 0 fully saturated rings. The van der Waals surface area contributed by atoms with Gasteiger partial charge in [0.2, 0.25) is 0 Å². The number of rotatable bonds is 3. The van der Waals surface area contributed by atoms with Gasteiger partial charge in [0.1, 0.15) is 12.0 Å². The van der Waals surface area contributed by atoms with E-state index in [1.54, 1.807) is 13.0 Å². The Hall–Kier alpha value is -1.49. The van der Waals surface area contributed by atoms with Crippen molar-refractivity contribution in [2.24, 2.45) is 0 Å². The molecule has 0 spiro atoms. The lowest BCUT2D eigenvalue weighted by Gasteiger charge is -2.01. The average Bonchev–Trinajstić information content (AvgIpc) is 2.14. The number of carbonyl (C=O) groups excluding carboxylic acids is 1. The lowest BCUT2D eigenvalue weighted by Crippen LogP contribution is -2.27. The van der Waals surface area contributed by atoms with Gasteiger partial charge in [-0.15, -0.1) is 0 Å². The molecule has 0 aliphatic carbocycles. The summed E-state index contributed by atoms with van der Waals surface area (Å²) >= 11 is 0. The highest BCUT2D eigenvalue weighted by molar-refractivity contribution is 5.92. The summed E-state index contributed by atoms with van der Waals surface area (Å²) in [5, 5.41) is 11.0. The zero-order valence-corrected chi connectivity index (χ0v) is 7.32. The first-order chi connectivity index (χ1) is 6.24. The van der Waals surface area contributed by atoms with Gasteiger partial charge < -0.3 is 10.4 Å². The molecule has 0 saturated heterocycles. The number of aliphatic hydroxyl groups is 1. The van der Waals surface area contributed by atoms with Gasteiger partial charge in [-0.2, -0.15) is 0 Å². The van der Waals surface area contributed by atoms with Gasteiger partial charge in [-0.25, -0.2) is 9.97 Å². The molecule has 1 aromatic rings. The summed E-state index contributed by atoms with van der Waals surface area (Å²) < 4.78 is 0.